The lowest BCUT2D eigenvalue weighted by Crippen LogP contribution is -2.19. The maximum atomic E-state index is 12.9. The second-order valence-corrected chi connectivity index (χ2v) is 7.10. The number of ether oxygens (including phenoxy) is 1. The first-order valence-corrected chi connectivity index (χ1v) is 9.40. The van der Waals surface area contributed by atoms with E-state index in [9.17, 15) is 9.59 Å². The minimum Gasteiger partial charge on any atom is -0.495 e. The highest BCUT2D eigenvalue weighted by Crippen LogP contribution is 2.34. The number of anilines is 1. The molecule has 0 saturated heterocycles. The summed E-state index contributed by atoms with van der Waals surface area (Å²) in [6.07, 6.45) is 0.639. The van der Waals surface area contributed by atoms with E-state index < -0.39 is 0 Å². The number of benzene rings is 2. The predicted octanol–water partition coefficient (Wildman–Crippen LogP) is 4.51. The van der Waals surface area contributed by atoms with E-state index in [1.54, 1.807) is 43.5 Å². The Balaban J connectivity index is 1.58. The van der Waals surface area contributed by atoms with Crippen LogP contribution in [-0.2, 0) is 11.3 Å². The number of amides is 1. The van der Waals surface area contributed by atoms with Crippen LogP contribution in [0.2, 0.25) is 5.02 Å². The average Bonchev–Trinajstić information content (AvgIpc) is 3.30. The van der Waals surface area contributed by atoms with Crippen LogP contribution in [0.1, 0.15) is 34.1 Å². The lowest BCUT2D eigenvalue weighted by molar-refractivity contribution is -0.117. The van der Waals surface area contributed by atoms with Gasteiger partial charge in [-0.3, -0.25) is 9.59 Å². The molecule has 1 atom stereocenters. The summed E-state index contributed by atoms with van der Waals surface area (Å²) in [6.45, 7) is 0.626. The summed E-state index contributed by atoms with van der Waals surface area (Å²) in [5.74, 6) is 0.0348. The molecular weight excluding hydrogens is 376 g/mol. The molecule has 0 bridgehead atoms. The van der Waals surface area contributed by atoms with Crippen molar-refractivity contribution in [3.8, 4) is 5.75 Å². The third-order valence-corrected chi connectivity index (χ3v) is 5.25. The number of rotatable bonds is 5. The summed E-state index contributed by atoms with van der Waals surface area (Å²) in [4.78, 5) is 25.7. The van der Waals surface area contributed by atoms with Gasteiger partial charge in [-0.2, -0.15) is 0 Å². The molecule has 1 aliphatic heterocycles. The van der Waals surface area contributed by atoms with E-state index in [2.05, 4.69) is 5.32 Å². The normalized spacial score (nSPS) is 15.1. The van der Waals surface area contributed by atoms with Crippen LogP contribution >= 0.6 is 11.6 Å². The van der Waals surface area contributed by atoms with Crippen molar-refractivity contribution in [2.75, 3.05) is 12.4 Å². The zero-order valence-corrected chi connectivity index (χ0v) is 16.1. The van der Waals surface area contributed by atoms with E-state index in [4.69, 9.17) is 16.3 Å². The lowest BCUT2D eigenvalue weighted by Gasteiger charge is -2.14. The van der Waals surface area contributed by atoms with Gasteiger partial charge in [-0.25, -0.2) is 0 Å². The van der Waals surface area contributed by atoms with Crippen LogP contribution < -0.4 is 10.1 Å². The largest absolute Gasteiger partial charge is 0.495 e. The Morgan fingerprint density at radius 1 is 1.11 bits per heavy atom. The Bertz CT molecular complexity index is 1040. The zero-order chi connectivity index (χ0) is 19.7. The molecule has 0 aliphatic carbocycles. The van der Waals surface area contributed by atoms with Crippen LogP contribution in [0.3, 0.4) is 0 Å². The quantitative estimate of drug-likeness (QED) is 0.648. The van der Waals surface area contributed by atoms with Crippen LogP contribution in [0.25, 0.3) is 0 Å². The summed E-state index contributed by atoms with van der Waals surface area (Å²) in [5.41, 5.74) is 2.63. The first-order valence-electron chi connectivity index (χ1n) is 9.02. The van der Waals surface area contributed by atoms with Crippen LogP contribution in [0, 0.1) is 0 Å². The van der Waals surface area contributed by atoms with Gasteiger partial charge in [0.1, 0.15) is 5.75 Å². The van der Waals surface area contributed by atoms with Gasteiger partial charge in [0.15, 0.2) is 0 Å². The number of ketones is 1. The molecule has 28 heavy (non-hydrogen) atoms. The van der Waals surface area contributed by atoms with Crippen molar-refractivity contribution in [2.45, 2.75) is 18.9 Å². The Hall–Kier alpha value is -3.05. The first kappa shape index (κ1) is 18.3. The molecule has 6 heteroatoms. The van der Waals surface area contributed by atoms with Gasteiger partial charge < -0.3 is 14.6 Å². The molecule has 4 rings (SSSR count). The third kappa shape index (κ3) is 3.29. The molecule has 1 unspecified atom stereocenters. The number of nitrogens with zero attached hydrogens (tertiary/aromatic N) is 1. The van der Waals surface area contributed by atoms with Gasteiger partial charge in [-0.1, -0.05) is 41.9 Å². The van der Waals surface area contributed by atoms with E-state index in [0.717, 1.165) is 5.69 Å². The molecule has 0 radical (unpaired) electrons. The lowest BCUT2D eigenvalue weighted by atomic mass is 10.0. The molecule has 1 aromatic heterocycles. The monoisotopic (exact) mass is 394 g/mol. The highest BCUT2D eigenvalue weighted by atomic mass is 35.5. The van der Waals surface area contributed by atoms with Gasteiger partial charge in [0.2, 0.25) is 11.7 Å². The van der Waals surface area contributed by atoms with Crippen molar-refractivity contribution in [3.63, 3.8) is 0 Å². The fourth-order valence-electron chi connectivity index (χ4n) is 3.64. The predicted molar refractivity (Wildman–Crippen MR) is 108 cm³/mol. The maximum Gasteiger partial charge on any atom is 0.233 e. The molecule has 142 valence electrons. The molecule has 1 aliphatic rings. The number of hydrogen-bond acceptors (Lipinski definition) is 3. The standard InChI is InChI=1S/C22H19ClN2O3/c1-28-20-10-7-15(23)13-17(20)24-22(27)16-11-12-25-18(16)8-9-19(25)21(26)14-5-3-2-4-6-14/h2-10,13,16H,11-12H2,1H3,(H,24,27). The van der Waals surface area contributed by atoms with Crippen LogP contribution in [0.5, 0.6) is 5.75 Å². The second kappa shape index (κ2) is 7.52. The number of halogens is 1. The summed E-state index contributed by atoms with van der Waals surface area (Å²) in [7, 11) is 1.54. The smallest absolute Gasteiger partial charge is 0.233 e. The van der Waals surface area contributed by atoms with Crippen LogP contribution in [0.4, 0.5) is 5.69 Å². The molecule has 0 fully saturated rings. The number of carbonyl (C=O) groups is 2. The van der Waals surface area contributed by atoms with E-state index in [1.807, 2.05) is 28.8 Å². The third-order valence-electron chi connectivity index (χ3n) is 5.02. The molecule has 0 spiro atoms. The first-order chi connectivity index (χ1) is 13.6. The molecular formula is C22H19ClN2O3. The van der Waals surface area contributed by atoms with Gasteiger partial charge in [-0.05, 0) is 36.8 Å². The molecule has 1 amide bonds. The molecule has 2 aromatic carbocycles. The maximum absolute atomic E-state index is 12.9. The van der Waals surface area contributed by atoms with Crippen molar-refractivity contribution in [1.82, 2.24) is 4.57 Å². The van der Waals surface area contributed by atoms with Gasteiger partial charge in [0, 0.05) is 22.8 Å². The van der Waals surface area contributed by atoms with E-state index in [1.165, 1.54) is 0 Å². The number of nitrogens with one attached hydrogen (secondary N) is 1. The van der Waals surface area contributed by atoms with Crippen molar-refractivity contribution in [2.24, 2.45) is 0 Å². The molecule has 5 nitrogen and oxygen atoms in total. The Morgan fingerprint density at radius 3 is 2.64 bits per heavy atom. The minimum absolute atomic E-state index is 0.0376. The molecule has 1 N–H and O–H groups in total. The fraction of sp³-hybridized carbons (Fsp3) is 0.182. The van der Waals surface area contributed by atoms with Crippen molar-refractivity contribution >= 4 is 29.0 Å². The Labute approximate surface area is 167 Å². The van der Waals surface area contributed by atoms with Gasteiger partial charge in [0.05, 0.1) is 24.4 Å². The van der Waals surface area contributed by atoms with Crippen LogP contribution in [-0.4, -0.2) is 23.4 Å². The summed E-state index contributed by atoms with van der Waals surface area (Å²) in [5, 5.41) is 3.42. The topological polar surface area (TPSA) is 60.3 Å². The van der Waals surface area contributed by atoms with Crippen molar-refractivity contribution in [3.05, 3.63) is 82.6 Å². The highest BCUT2D eigenvalue weighted by Gasteiger charge is 2.32. The minimum atomic E-state index is -0.332. The second-order valence-electron chi connectivity index (χ2n) is 6.67. The summed E-state index contributed by atoms with van der Waals surface area (Å²) in [6, 6.07) is 17.9. The summed E-state index contributed by atoms with van der Waals surface area (Å²) < 4.78 is 7.23. The number of fused-ring (bicyclic) bond motifs is 1. The van der Waals surface area contributed by atoms with E-state index in [-0.39, 0.29) is 17.6 Å². The molecule has 3 aromatic rings. The van der Waals surface area contributed by atoms with E-state index in [0.29, 0.717) is 40.7 Å². The summed E-state index contributed by atoms with van der Waals surface area (Å²) >= 11 is 6.05. The average molecular weight is 395 g/mol. The number of methoxy groups -OCH3 is 1. The van der Waals surface area contributed by atoms with Gasteiger partial charge in [0.25, 0.3) is 0 Å². The highest BCUT2D eigenvalue weighted by molar-refractivity contribution is 6.31. The van der Waals surface area contributed by atoms with E-state index >= 15 is 0 Å². The molecule has 2 heterocycles. The SMILES string of the molecule is COc1ccc(Cl)cc1NC(=O)C1CCn2c(C(=O)c3ccccc3)ccc21. The fourth-order valence-corrected chi connectivity index (χ4v) is 3.81. The van der Waals surface area contributed by atoms with Crippen molar-refractivity contribution in [1.29, 1.82) is 0 Å². The number of hydrogen-bond donors (Lipinski definition) is 1. The molecule has 0 saturated carbocycles. The number of aromatic nitrogens is 1. The van der Waals surface area contributed by atoms with Gasteiger partial charge in [-0.15, -0.1) is 0 Å². The van der Waals surface area contributed by atoms with Crippen LogP contribution in [0.15, 0.2) is 60.7 Å². The zero-order valence-electron chi connectivity index (χ0n) is 15.3. The Morgan fingerprint density at radius 2 is 1.89 bits per heavy atom. The Kier molecular flexibility index (Phi) is 4.92. The van der Waals surface area contributed by atoms with Gasteiger partial charge >= 0.3 is 0 Å². The number of carbonyl (C=O) groups excluding carboxylic acids is 2. The van der Waals surface area contributed by atoms with Crippen molar-refractivity contribution < 1.29 is 14.3 Å².